The van der Waals surface area contributed by atoms with Crippen LogP contribution >= 0.6 is 12.6 Å². The number of aryl methyl sites for hydroxylation is 1. The molecule has 0 aliphatic carbocycles. The van der Waals surface area contributed by atoms with Gasteiger partial charge in [-0.1, -0.05) is 18.2 Å². The highest BCUT2D eigenvalue weighted by molar-refractivity contribution is 7.80. The summed E-state index contributed by atoms with van der Waals surface area (Å²) in [5.41, 5.74) is 3.15. The van der Waals surface area contributed by atoms with Gasteiger partial charge in [0.1, 0.15) is 0 Å². The van der Waals surface area contributed by atoms with Crippen molar-refractivity contribution >= 4 is 24.2 Å². The smallest absolute Gasteiger partial charge is 0.255 e. The van der Waals surface area contributed by atoms with Crippen molar-refractivity contribution in [1.29, 1.82) is 5.26 Å². The Balaban J connectivity index is 2.15. The van der Waals surface area contributed by atoms with E-state index in [9.17, 15) is 4.79 Å². The van der Waals surface area contributed by atoms with Crippen LogP contribution in [-0.2, 0) is 6.42 Å². The van der Waals surface area contributed by atoms with E-state index in [2.05, 4.69) is 24.0 Å². The number of nitriles is 1. The maximum absolute atomic E-state index is 12.2. The van der Waals surface area contributed by atoms with E-state index >= 15 is 0 Å². The highest BCUT2D eigenvalue weighted by atomic mass is 32.1. The molecular formula is C16H14N2OS. The van der Waals surface area contributed by atoms with Crippen molar-refractivity contribution in [1.82, 2.24) is 0 Å². The zero-order valence-electron chi connectivity index (χ0n) is 11.1. The number of carbonyl (C=O) groups excluding carboxylic acids is 1. The van der Waals surface area contributed by atoms with Crippen molar-refractivity contribution in [3.05, 3.63) is 59.2 Å². The Kier molecular flexibility index (Phi) is 4.44. The molecule has 4 heteroatoms. The lowest BCUT2D eigenvalue weighted by Gasteiger charge is -2.08. The summed E-state index contributed by atoms with van der Waals surface area (Å²) in [6, 6.07) is 14.8. The minimum Gasteiger partial charge on any atom is -0.322 e. The van der Waals surface area contributed by atoms with Crippen LogP contribution in [0.25, 0.3) is 0 Å². The van der Waals surface area contributed by atoms with E-state index < -0.39 is 0 Å². The van der Waals surface area contributed by atoms with Crippen molar-refractivity contribution in [3.8, 4) is 6.07 Å². The SMILES string of the molecule is Cc1ccc(S)cc1C(=O)Nc1ccc(CC#N)cc1. The summed E-state index contributed by atoms with van der Waals surface area (Å²) in [5.74, 6) is -0.161. The van der Waals surface area contributed by atoms with Crippen LogP contribution in [0.3, 0.4) is 0 Å². The van der Waals surface area contributed by atoms with Crippen LogP contribution in [0.15, 0.2) is 47.4 Å². The first-order valence-electron chi connectivity index (χ1n) is 6.17. The van der Waals surface area contributed by atoms with Crippen molar-refractivity contribution in [3.63, 3.8) is 0 Å². The van der Waals surface area contributed by atoms with Gasteiger partial charge < -0.3 is 5.32 Å². The van der Waals surface area contributed by atoms with Gasteiger partial charge in [0, 0.05) is 16.1 Å². The van der Waals surface area contributed by atoms with Crippen LogP contribution < -0.4 is 5.32 Å². The minimum absolute atomic E-state index is 0.161. The van der Waals surface area contributed by atoms with Crippen LogP contribution in [0.2, 0.25) is 0 Å². The molecule has 0 fully saturated rings. The lowest BCUT2D eigenvalue weighted by molar-refractivity contribution is 0.102. The highest BCUT2D eigenvalue weighted by Gasteiger charge is 2.09. The number of hydrogen-bond donors (Lipinski definition) is 2. The summed E-state index contributed by atoms with van der Waals surface area (Å²) in [6.45, 7) is 1.89. The van der Waals surface area contributed by atoms with Gasteiger partial charge in [0.2, 0.25) is 0 Å². The van der Waals surface area contributed by atoms with E-state index in [1.54, 1.807) is 18.2 Å². The zero-order valence-corrected chi connectivity index (χ0v) is 11.9. The predicted octanol–water partition coefficient (Wildman–Crippen LogP) is 3.60. The fourth-order valence-corrected chi connectivity index (χ4v) is 2.05. The number of nitrogens with zero attached hydrogens (tertiary/aromatic N) is 1. The third-order valence-corrected chi connectivity index (χ3v) is 3.24. The second-order valence-corrected chi connectivity index (χ2v) is 5.00. The summed E-state index contributed by atoms with van der Waals surface area (Å²) >= 11 is 4.25. The molecule has 100 valence electrons. The Morgan fingerprint density at radius 2 is 1.95 bits per heavy atom. The topological polar surface area (TPSA) is 52.9 Å². The lowest BCUT2D eigenvalue weighted by Crippen LogP contribution is -2.13. The molecule has 1 N–H and O–H groups in total. The van der Waals surface area contributed by atoms with E-state index in [1.807, 2.05) is 31.2 Å². The van der Waals surface area contributed by atoms with Gasteiger partial charge in [0.25, 0.3) is 5.91 Å². The molecule has 0 saturated heterocycles. The van der Waals surface area contributed by atoms with Gasteiger partial charge in [-0.15, -0.1) is 12.6 Å². The van der Waals surface area contributed by atoms with Crippen LogP contribution in [0.1, 0.15) is 21.5 Å². The molecule has 2 aromatic carbocycles. The van der Waals surface area contributed by atoms with Crippen molar-refractivity contribution in [2.24, 2.45) is 0 Å². The molecule has 0 aliphatic heterocycles. The summed E-state index contributed by atoms with van der Waals surface area (Å²) in [6.07, 6.45) is 0.370. The number of carbonyl (C=O) groups is 1. The molecule has 0 atom stereocenters. The number of rotatable bonds is 3. The Bertz CT molecular complexity index is 672. The summed E-state index contributed by atoms with van der Waals surface area (Å²) in [4.78, 5) is 13.0. The number of thiol groups is 1. The molecule has 0 bridgehead atoms. The zero-order chi connectivity index (χ0) is 14.5. The normalized spacial score (nSPS) is 9.85. The molecule has 0 spiro atoms. The Morgan fingerprint density at radius 3 is 2.60 bits per heavy atom. The molecule has 3 nitrogen and oxygen atoms in total. The maximum Gasteiger partial charge on any atom is 0.255 e. The second kappa shape index (κ2) is 6.27. The third-order valence-electron chi connectivity index (χ3n) is 2.96. The molecule has 2 aromatic rings. The van der Waals surface area contributed by atoms with E-state index in [0.29, 0.717) is 17.7 Å². The van der Waals surface area contributed by atoms with Gasteiger partial charge in [-0.2, -0.15) is 5.26 Å². The van der Waals surface area contributed by atoms with Crippen LogP contribution in [0, 0.1) is 18.3 Å². The summed E-state index contributed by atoms with van der Waals surface area (Å²) < 4.78 is 0. The van der Waals surface area contributed by atoms with Crippen molar-refractivity contribution in [2.75, 3.05) is 5.32 Å². The molecule has 0 radical (unpaired) electrons. The molecule has 20 heavy (non-hydrogen) atoms. The van der Waals surface area contributed by atoms with Gasteiger partial charge in [0.05, 0.1) is 12.5 Å². The van der Waals surface area contributed by atoms with Crippen molar-refractivity contribution in [2.45, 2.75) is 18.2 Å². The standard InChI is InChI=1S/C16H14N2OS/c1-11-2-7-14(20)10-15(11)16(19)18-13-5-3-12(4-6-13)8-9-17/h2-7,10,20H,8H2,1H3,(H,18,19). The molecule has 0 heterocycles. The molecule has 1 amide bonds. The molecule has 0 aromatic heterocycles. The minimum atomic E-state index is -0.161. The summed E-state index contributed by atoms with van der Waals surface area (Å²) in [7, 11) is 0. The number of anilines is 1. The number of hydrogen-bond acceptors (Lipinski definition) is 3. The number of amides is 1. The molecular weight excluding hydrogens is 268 g/mol. The average molecular weight is 282 g/mol. The predicted molar refractivity (Wildman–Crippen MR) is 82.1 cm³/mol. The Labute approximate surface area is 123 Å². The van der Waals surface area contributed by atoms with E-state index in [1.165, 1.54) is 0 Å². The molecule has 0 aliphatic rings. The lowest BCUT2D eigenvalue weighted by atomic mass is 10.1. The number of benzene rings is 2. The van der Waals surface area contributed by atoms with Gasteiger partial charge >= 0.3 is 0 Å². The first kappa shape index (κ1) is 14.2. The van der Waals surface area contributed by atoms with E-state index in [0.717, 1.165) is 16.0 Å². The van der Waals surface area contributed by atoms with E-state index in [4.69, 9.17) is 5.26 Å². The van der Waals surface area contributed by atoms with Crippen molar-refractivity contribution < 1.29 is 4.79 Å². The van der Waals surface area contributed by atoms with Crippen LogP contribution in [-0.4, -0.2) is 5.91 Å². The first-order chi connectivity index (χ1) is 9.60. The summed E-state index contributed by atoms with van der Waals surface area (Å²) in [5, 5.41) is 11.5. The average Bonchev–Trinajstić information content (AvgIpc) is 2.44. The largest absolute Gasteiger partial charge is 0.322 e. The number of nitrogens with one attached hydrogen (secondary N) is 1. The van der Waals surface area contributed by atoms with Gasteiger partial charge in [-0.25, -0.2) is 0 Å². The van der Waals surface area contributed by atoms with Gasteiger partial charge in [-0.05, 0) is 42.3 Å². The van der Waals surface area contributed by atoms with Gasteiger partial charge in [-0.3, -0.25) is 4.79 Å². The monoisotopic (exact) mass is 282 g/mol. The first-order valence-corrected chi connectivity index (χ1v) is 6.62. The van der Waals surface area contributed by atoms with Crippen LogP contribution in [0.5, 0.6) is 0 Å². The second-order valence-electron chi connectivity index (χ2n) is 4.49. The maximum atomic E-state index is 12.2. The van der Waals surface area contributed by atoms with Gasteiger partial charge in [0.15, 0.2) is 0 Å². The fourth-order valence-electron chi connectivity index (χ4n) is 1.85. The quantitative estimate of drug-likeness (QED) is 0.845. The third kappa shape index (κ3) is 3.40. The highest BCUT2D eigenvalue weighted by Crippen LogP contribution is 2.17. The molecule has 0 saturated carbocycles. The molecule has 2 rings (SSSR count). The Morgan fingerprint density at radius 1 is 1.25 bits per heavy atom. The molecule has 0 unspecified atom stereocenters. The fraction of sp³-hybridized carbons (Fsp3) is 0.125. The Hall–Kier alpha value is -2.25. The van der Waals surface area contributed by atoms with E-state index in [-0.39, 0.29) is 5.91 Å². The van der Waals surface area contributed by atoms with Crippen LogP contribution in [0.4, 0.5) is 5.69 Å².